The molecule has 13 heteroatoms. The maximum absolute atomic E-state index is 13.2. The minimum Gasteiger partial charge on any atom is -0.466 e. The third-order valence-corrected chi connectivity index (χ3v) is 17.0. The predicted octanol–water partition coefficient (Wildman–Crippen LogP) is 8.07. The molecule has 0 fully saturated rings. The van der Waals surface area contributed by atoms with E-state index >= 15 is 0 Å². The first-order chi connectivity index (χ1) is 27.2. The van der Waals surface area contributed by atoms with Gasteiger partial charge in [0.15, 0.2) is 0 Å². The van der Waals surface area contributed by atoms with E-state index in [4.69, 9.17) is 35.7 Å². The second kappa shape index (κ2) is 17.5. The molecule has 3 heterocycles. The zero-order chi connectivity index (χ0) is 41.1. The van der Waals surface area contributed by atoms with Crippen LogP contribution in [-0.4, -0.2) is 58.1 Å². The molecule has 0 atom stereocenters. The molecule has 0 saturated carbocycles. The number of hydrogen-bond acceptors (Lipinski definition) is 8. The molecule has 300 valence electrons. The van der Waals surface area contributed by atoms with Crippen LogP contribution in [0.2, 0.25) is 10.1 Å². The molecule has 0 radical (unpaired) electrons. The molecule has 6 rings (SSSR count). The number of carbonyl (C=O) groups is 2. The molecule has 0 aliphatic carbocycles. The first-order valence-electron chi connectivity index (χ1n) is 19.1. The minimum absolute atomic E-state index is 0.133. The van der Waals surface area contributed by atoms with Gasteiger partial charge in [0.2, 0.25) is 0 Å². The normalized spacial score (nSPS) is 12.0. The Hall–Kier alpha value is -4.62. The molecule has 0 aliphatic rings. The lowest BCUT2D eigenvalue weighted by Gasteiger charge is -2.43. The number of rotatable bonds is 15. The Morgan fingerprint density at radius 2 is 1.53 bits per heavy atom. The van der Waals surface area contributed by atoms with Crippen molar-refractivity contribution >= 4 is 64.9 Å². The molecule has 3 aromatic heterocycles. The van der Waals surface area contributed by atoms with Crippen LogP contribution in [0.3, 0.4) is 0 Å². The van der Waals surface area contributed by atoms with Crippen molar-refractivity contribution in [3.8, 4) is 11.1 Å². The summed E-state index contributed by atoms with van der Waals surface area (Å²) >= 11 is 8.80. The number of esters is 2. The minimum atomic E-state index is -2.72. The molecule has 0 N–H and O–H groups in total. The van der Waals surface area contributed by atoms with Gasteiger partial charge >= 0.3 is 11.9 Å². The van der Waals surface area contributed by atoms with Gasteiger partial charge in [-0.15, -0.1) is 11.8 Å². The lowest BCUT2D eigenvalue weighted by atomic mass is 9.98. The van der Waals surface area contributed by atoms with Crippen molar-refractivity contribution in [1.29, 1.82) is 0 Å². The molecule has 0 unspecified atom stereocenters. The topological polar surface area (TPSA) is 102 Å². The lowest BCUT2D eigenvalue weighted by Crippen LogP contribution is -2.66. The number of thioether (sulfide) groups is 1. The van der Waals surface area contributed by atoms with Gasteiger partial charge in [-0.25, -0.2) is 4.79 Å². The molecule has 0 spiro atoms. The van der Waals surface area contributed by atoms with Crippen LogP contribution in [0.1, 0.15) is 72.9 Å². The number of aryl methyl sites for hydroxylation is 4. The van der Waals surface area contributed by atoms with Crippen LogP contribution in [0.15, 0.2) is 78.9 Å². The number of halogens is 1. The summed E-state index contributed by atoms with van der Waals surface area (Å²) in [6.07, 6.45) is 1.06. The van der Waals surface area contributed by atoms with Crippen molar-refractivity contribution in [2.24, 2.45) is 21.1 Å². The summed E-state index contributed by atoms with van der Waals surface area (Å²) in [6.45, 7) is 11.0. The monoisotopic (exact) mass is 825 g/mol. The first kappa shape index (κ1) is 42.0. The van der Waals surface area contributed by atoms with E-state index in [1.165, 1.54) is 24.4 Å². The summed E-state index contributed by atoms with van der Waals surface area (Å²) in [4.78, 5) is 24.6. The zero-order valence-corrected chi connectivity index (χ0v) is 36.9. The van der Waals surface area contributed by atoms with Gasteiger partial charge < -0.3 is 18.5 Å². The third kappa shape index (κ3) is 8.36. The van der Waals surface area contributed by atoms with E-state index in [2.05, 4.69) is 87.5 Å². The van der Waals surface area contributed by atoms with Crippen LogP contribution in [0, 0.1) is 6.92 Å². The number of aromatic nitrogens is 5. The smallest absolute Gasteiger partial charge is 0.354 e. The highest BCUT2D eigenvalue weighted by Crippen LogP contribution is 2.43. The van der Waals surface area contributed by atoms with E-state index in [1.807, 2.05) is 54.1 Å². The van der Waals surface area contributed by atoms with Crippen molar-refractivity contribution in [3.05, 3.63) is 118 Å². The molecule has 0 aliphatic heterocycles. The zero-order valence-electron chi connectivity index (χ0n) is 34.3. The van der Waals surface area contributed by atoms with E-state index in [-0.39, 0.29) is 17.6 Å². The van der Waals surface area contributed by atoms with Gasteiger partial charge in [-0.1, -0.05) is 99.1 Å². The van der Waals surface area contributed by atoms with Gasteiger partial charge in [-0.05, 0) is 52.9 Å². The second-order valence-electron chi connectivity index (χ2n) is 15.4. The van der Waals surface area contributed by atoms with Crippen LogP contribution >= 0.6 is 23.4 Å². The summed E-state index contributed by atoms with van der Waals surface area (Å²) in [5.41, 5.74) is 7.66. The predicted molar refractivity (Wildman–Crippen MR) is 232 cm³/mol. The maximum atomic E-state index is 13.2. The van der Waals surface area contributed by atoms with Gasteiger partial charge in [-0.3, -0.25) is 14.2 Å². The van der Waals surface area contributed by atoms with Gasteiger partial charge in [0, 0.05) is 61.8 Å². The molecule has 3 aromatic carbocycles. The molecule has 0 saturated heterocycles. The quantitative estimate of drug-likeness (QED) is 0.0583. The molecule has 0 amide bonds. The Labute approximate surface area is 345 Å². The lowest BCUT2D eigenvalue weighted by molar-refractivity contribution is -0.141. The average Bonchev–Trinajstić information content (AvgIpc) is 3.78. The number of carbonyl (C=O) groups excluding carboxylic acids is 2. The van der Waals surface area contributed by atoms with Crippen LogP contribution in [0.5, 0.6) is 0 Å². The summed E-state index contributed by atoms with van der Waals surface area (Å²) in [5.74, 6) is 0.501. The van der Waals surface area contributed by atoms with Crippen molar-refractivity contribution in [2.75, 3.05) is 13.7 Å². The fourth-order valence-corrected chi connectivity index (χ4v) is 13.6. The largest absolute Gasteiger partial charge is 0.466 e. The van der Waals surface area contributed by atoms with Crippen molar-refractivity contribution in [3.63, 3.8) is 0 Å². The molecule has 10 nitrogen and oxygen atoms in total. The van der Waals surface area contributed by atoms with Crippen molar-refractivity contribution < 1.29 is 23.5 Å². The Balaban J connectivity index is 1.27. The average molecular weight is 827 g/mol. The molecule has 57 heavy (non-hydrogen) atoms. The number of nitrogens with zero attached hydrogens (tertiary/aromatic N) is 5. The van der Waals surface area contributed by atoms with Gasteiger partial charge in [0.05, 0.1) is 47.9 Å². The summed E-state index contributed by atoms with van der Waals surface area (Å²) in [5, 5.41) is 13.7. The van der Waals surface area contributed by atoms with E-state index < -0.39 is 14.3 Å². The molecule has 6 aromatic rings. The van der Waals surface area contributed by atoms with Crippen LogP contribution in [-0.2, 0) is 64.4 Å². The molecular weight excluding hydrogens is 774 g/mol. The number of hydrogen-bond donors (Lipinski definition) is 0. The van der Waals surface area contributed by atoms with Crippen LogP contribution < -0.4 is 10.4 Å². The Morgan fingerprint density at radius 1 is 0.877 bits per heavy atom. The Bertz CT molecular complexity index is 2340. The number of ether oxygens (including phenoxy) is 2. The third-order valence-electron chi connectivity index (χ3n) is 10.7. The van der Waals surface area contributed by atoms with Gasteiger partial charge in [0.25, 0.3) is 8.32 Å². The Morgan fingerprint density at radius 3 is 2.12 bits per heavy atom. The van der Waals surface area contributed by atoms with Crippen molar-refractivity contribution in [2.45, 2.75) is 70.6 Å². The first-order valence-corrected chi connectivity index (χ1v) is 22.5. The van der Waals surface area contributed by atoms with Gasteiger partial charge in [0.1, 0.15) is 5.69 Å². The number of methoxy groups -OCH3 is 1. The second-order valence-corrected chi connectivity index (χ2v) is 21.1. The maximum Gasteiger partial charge on any atom is 0.354 e. The summed E-state index contributed by atoms with van der Waals surface area (Å²) < 4.78 is 23.3. The fourth-order valence-electron chi connectivity index (χ4n) is 7.99. The van der Waals surface area contributed by atoms with Crippen LogP contribution in [0.25, 0.3) is 22.0 Å². The van der Waals surface area contributed by atoms with Crippen molar-refractivity contribution in [1.82, 2.24) is 24.1 Å². The molecular formula is C44H52ClN5O5SSi. The Kier molecular flexibility index (Phi) is 12.9. The van der Waals surface area contributed by atoms with E-state index in [0.717, 1.165) is 50.4 Å². The summed E-state index contributed by atoms with van der Waals surface area (Å²) in [6, 6.07) is 27.3. The fraction of sp³-hybridized carbons (Fsp3) is 0.364. The highest BCUT2D eigenvalue weighted by molar-refractivity contribution is 7.97. The van der Waals surface area contributed by atoms with E-state index in [9.17, 15) is 9.59 Å². The van der Waals surface area contributed by atoms with Gasteiger partial charge in [-0.2, -0.15) is 10.2 Å². The van der Waals surface area contributed by atoms with Crippen LogP contribution in [0.4, 0.5) is 0 Å². The highest BCUT2D eigenvalue weighted by Gasteiger charge is 2.50. The molecule has 0 bridgehead atoms. The standard InChI is InChI=1S/C44H52ClN5O5SSi/c1-29-39(40-37(45)23-22-36-35(21-16-24-54-30(2)51)42(43(52)53-9)48(6)41(36)40)38(47-49(29)7)28-56-27-31-25-32(50(8)46-31)26-55-57(44(3,4)5,33-17-12-10-13-18-33)34-19-14-11-15-20-34/h10-15,17-20,22-23,25H,16,21,24,26-28H2,1-9H3. The van der Waals surface area contributed by atoms with E-state index in [1.54, 1.807) is 11.8 Å². The summed E-state index contributed by atoms with van der Waals surface area (Å²) in [7, 11) is 4.43. The SMILES string of the molecule is COC(=O)c1c(CCCOC(C)=O)c2ccc(Cl)c(-c3c(CSCc4cc(CO[Si](c5ccccc5)(c5ccccc5)C(C)(C)C)n(C)n4)nn(C)c3C)c2n1C. The highest BCUT2D eigenvalue weighted by atomic mass is 35.5. The number of benzene rings is 3. The number of fused-ring (bicyclic) bond motifs is 1. The van der Waals surface area contributed by atoms with E-state index in [0.29, 0.717) is 41.7 Å².